The van der Waals surface area contributed by atoms with E-state index in [2.05, 4.69) is 5.92 Å². The van der Waals surface area contributed by atoms with Crippen LogP contribution in [0.4, 0.5) is 10.5 Å². The van der Waals surface area contributed by atoms with Crippen molar-refractivity contribution in [1.29, 1.82) is 0 Å². The summed E-state index contributed by atoms with van der Waals surface area (Å²) in [6.45, 7) is 2.12. The van der Waals surface area contributed by atoms with Gasteiger partial charge in [0.1, 0.15) is 6.54 Å². The molecule has 0 aromatic heterocycles. The van der Waals surface area contributed by atoms with Gasteiger partial charge in [0, 0.05) is 0 Å². The Balaban J connectivity index is 2.31. The molecule has 0 bridgehead atoms. The van der Waals surface area contributed by atoms with Crippen molar-refractivity contribution in [3.05, 3.63) is 29.8 Å². The highest BCUT2D eigenvalue weighted by Crippen LogP contribution is 2.21. The zero-order valence-electron chi connectivity index (χ0n) is 9.51. The van der Waals surface area contributed by atoms with E-state index in [0.29, 0.717) is 5.69 Å². The number of aryl methyl sites for hydroxylation is 1. The number of urea groups is 1. The van der Waals surface area contributed by atoms with Crippen molar-refractivity contribution in [3.63, 3.8) is 0 Å². The Morgan fingerprint density at radius 2 is 2.18 bits per heavy atom. The van der Waals surface area contributed by atoms with Crippen LogP contribution in [-0.4, -0.2) is 29.9 Å². The summed E-state index contributed by atoms with van der Waals surface area (Å²) in [5.74, 6) is 2.13. The van der Waals surface area contributed by atoms with E-state index in [9.17, 15) is 9.59 Å². The van der Waals surface area contributed by atoms with Gasteiger partial charge in [0.25, 0.3) is 5.91 Å². The fraction of sp³-hybridized carbons (Fsp3) is 0.231. The second kappa shape index (κ2) is 4.30. The predicted molar refractivity (Wildman–Crippen MR) is 64.5 cm³/mol. The first kappa shape index (κ1) is 11.2. The van der Waals surface area contributed by atoms with E-state index in [-0.39, 0.29) is 25.0 Å². The van der Waals surface area contributed by atoms with E-state index in [1.807, 2.05) is 19.1 Å². The zero-order chi connectivity index (χ0) is 12.4. The number of amides is 3. The Kier molecular flexibility index (Phi) is 2.84. The van der Waals surface area contributed by atoms with Crippen molar-refractivity contribution in [3.8, 4) is 12.3 Å². The molecule has 1 aliphatic heterocycles. The third kappa shape index (κ3) is 2.00. The van der Waals surface area contributed by atoms with Crippen LogP contribution < -0.4 is 4.90 Å². The van der Waals surface area contributed by atoms with E-state index < -0.39 is 0 Å². The number of carbonyl (C=O) groups is 2. The maximum Gasteiger partial charge on any atom is 0.332 e. The minimum atomic E-state index is -0.349. The predicted octanol–water partition coefficient (Wildman–Crippen LogP) is 1.40. The molecule has 1 aromatic rings. The third-order valence-corrected chi connectivity index (χ3v) is 2.58. The van der Waals surface area contributed by atoms with Crippen molar-refractivity contribution >= 4 is 17.6 Å². The van der Waals surface area contributed by atoms with Gasteiger partial charge in [-0.15, -0.1) is 6.42 Å². The van der Waals surface area contributed by atoms with Crippen LogP contribution in [0.2, 0.25) is 0 Å². The number of rotatable bonds is 2. The summed E-state index contributed by atoms with van der Waals surface area (Å²) in [4.78, 5) is 26.3. The number of hydrogen-bond donors (Lipinski definition) is 0. The second-order valence-electron chi connectivity index (χ2n) is 3.91. The lowest BCUT2D eigenvalue weighted by Crippen LogP contribution is -2.33. The molecule has 0 unspecified atom stereocenters. The summed E-state index contributed by atoms with van der Waals surface area (Å²) in [5.41, 5.74) is 1.60. The first-order valence-corrected chi connectivity index (χ1v) is 5.25. The van der Waals surface area contributed by atoms with Gasteiger partial charge in [-0.1, -0.05) is 18.1 Å². The molecule has 0 spiro atoms. The quantitative estimate of drug-likeness (QED) is 0.567. The standard InChI is InChI=1S/C13H12N2O2/c1-3-7-14-9-12(16)15(13(14)17)11-6-4-5-10(2)8-11/h1,4-6,8H,7,9H2,2H3. The SMILES string of the molecule is C#CCN1CC(=O)N(c2cccc(C)c2)C1=O. The van der Waals surface area contributed by atoms with Crippen molar-refractivity contribution in [1.82, 2.24) is 4.90 Å². The van der Waals surface area contributed by atoms with Gasteiger partial charge in [-0.25, -0.2) is 9.69 Å². The molecular weight excluding hydrogens is 216 g/mol. The molecule has 4 nitrogen and oxygen atoms in total. The van der Waals surface area contributed by atoms with Crippen LogP contribution in [0.25, 0.3) is 0 Å². The Morgan fingerprint density at radius 3 is 2.82 bits per heavy atom. The maximum absolute atomic E-state index is 12.0. The fourth-order valence-corrected chi connectivity index (χ4v) is 1.80. The van der Waals surface area contributed by atoms with Crippen molar-refractivity contribution < 1.29 is 9.59 Å². The molecule has 3 amide bonds. The molecule has 4 heteroatoms. The van der Waals surface area contributed by atoms with E-state index in [1.54, 1.807) is 12.1 Å². The number of carbonyl (C=O) groups excluding carboxylic acids is 2. The van der Waals surface area contributed by atoms with Crippen molar-refractivity contribution in [2.24, 2.45) is 0 Å². The van der Waals surface area contributed by atoms with Gasteiger partial charge in [0.15, 0.2) is 0 Å². The Labute approximate surface area is 99.8 Å². The van der Waals surface area contributed by atoms with Gasteiger partial charge in [-0.3, -0.25) is 4.79 Å². The van der Waals surface area contributed by atoms with Crippen LogP contribution in [0.1, 0.15) is 5.56 Å². The largest absolute Gasteiger partial charge is 0.332 e. The molecule has 86 valence electrons. The number of hydrogen-bond acceptors (Lipinski definition) is 2. The van der Waals surface area contributed by atoms with Crippen molar-refractivity contribution in [2.75, 3.05) is 18.0 Å². The summed E-state index contributed by atoms with van der Waals surface area (Å²) in [6.07, 6.45) is 5.15. The average Bonchev–Trinajstić information content (AvgIpc) is 2.55. The van der Waals surface area contributed by atoms with Crippen LogP contribution in [0.15, 0.2) is 24.3 Å². The molecule has 0 atom stereocenters. The number of benzene rings is 1. The molecule has 17 heavy (non-hydrogen) atoms. The van der Waals surface area contributed by atoms with E-state index in [1.165, 1.54) is 9.80 Å². The Bertz CT molecular complexity index is 516. The molecule has 0 saturated carbocycles. The number of anilines is 1. The molecule has 0 radical (unpaired) electrons. The van der Waals surface area contributed by atoms with Crippen LogP contribution in [0.5, 0.6) is 0 Å². The highest BCUT2D eigenvalue weighted by Gasteiger charge is 2.36. The molecule has 0 aliphatic carbocycles. The summed E-state index contributed by atoms with van der Waals surface area (Å²) >= 11 is 0. The lowest BCUT2D eigenvalue weighted by atomic mass is 10.2. The Hall–Kier alpha value is -2.28. The summed E-state index contributed by atoms with van der Waals surface area (Å²) in [6, 6.07) is 6.92. The first-order valence-electron chi connectivity index (χ1n) is 5.25. The summed E-state index contributed by atoms with van der Waals surface area (Å²) < 4.78 is 0. The van der Waals surface area contributed by atoms with E-state index in [4.69, 9.17) is 6.42 Å². The third-order valence-electron chi connectivity index (χ3n) is 2.58. The number of nitrogens with zero attached hydrogens (tertiary/aromatic N) is 2. The smallest absolute Gasteiger partial charge is 0.303 e. The molecule has 2 rings (SSSR count). The lowest BCUT2D eigenvalue weighted by molar-refractivity contribution is -0.116. The topological polar surface area (TPSA) is 40.6 Å². The van der Waals surface area contributed by atoms with Crippen LogP contribution in [-0.2, 0) is 4.79 Å². The lowest BCUT2D eigenvalue weighted by Gasteiger charge is -2.15. The maximum atomic E-state index is 12.0. The summed E-state index contributed by atoms with van der Waals surface area (Å²) in [5, 5.41) is 0. The molecule has 0 N–H and O–H groups in total. The average molecular weight is 228 g/mol. The fourth-order valence-electron chi connectivity index (χ4n) is 1.80. The molecule has 1 heterocycles. The van der Waals surface area contributed by atoms with Crippen molar-refractivity contribution in [2.45, 2.75) is 6.92 Å². The summed E-state index contributed by atoms with van der Waals surface area (Å²) in [7, 11) is 0. The molecule has 1 aliphatic rings. The van der Waals surface area contributed by atoms with E-state index in [0.717, 1.165) is 5.56 Å². The highest BCUT2D eigenvalue weighted by atomic mass is 16.2. The van der Waals surface area contributed by atoms with Gasteiger partial charge in [-0.2, -0.15) is 0 Å². The van der Waals surface area contributed by atoms with Crippen LogP contribution in [0.3, 0.4) is 0 Å². The Morgan fingerprint density at radius 1 is 1.41 bits per heavy atom. The zero-order valence-corrected chi connectivity index (χ0v) is 9.51. The first-order chi connectivity index (χ1) is 8.13. The van der Waals surface area contributed by atoms with Crippen LogP contribution in [0, 0.1) is 19.3 Å². The van der Waals surface area contributed by atoms with E-state index >= 15 is 0 Å². The number of imide groups is 1. The van der Waals surface area contributed by atoms with Crippen LogP contribution >= 0.6 is 0 Å². The molecule has 1 saturated heterocycles. The van der Waals surface area contributed by atoms with Gasteiger partial charge in [0.05, 0.1) is 12.2 Å². The van der Waals surface area contributed by atoms with Gasteiger partial charge >= 0.3 is 6.03 Å². The molecule has 1 aromatic carbocycles. The van der Waals surface area contributed by atoms with Gasteiger partial charge in [0.2, 0.25) is 0 Å². The normalized spacial score (nSPS) is 15.3. The monoisotopic (exact) mass is 228 g/mol. The minimum absolute atomic E-state index is 0.0526. The highest BCUT2D eigenvalue weighted by molar-refractivity contribution is 6.19. The second-order valence-corrected chi connectivity index (χ2v) is 3.91. The molecular formula is C13H12N2O2. The van der Waals surface area contributed by atoms with Gasteiger partial charge in [-0.05, 0) is 24.6 Å². The van der Waals surface area contributed by atoms with Gasteiger partial charge < -0.3 is 4.90 Å². The number of terminal acetylenes is 1. The molecule has 1 fully saturated rings. The minimum Gasteiger partial charge on any atom is -0.303 e.